The van der Waals surface area contributed by atoms with Crippen molar-refractivity contribution in [1.29, 1.82) is 0 Å². The third kappa shape index (κ3) is 4.74. The van der Waals surface area contributed by atoms with Gasteiger partial charge in [-0.2, -0.15) is 0 Å². The number of amides is 1. The molecule has 1 amide bonds. The molecule has 3 rings (SSSR count). The van der Waals surface area contributed by atoms with Crippen LogP contribution in [0.3, 0.4) is 0 Å². The summed E-state index contributed by atoms with van der Waals surface area (Å²) < 4.78 is 27.4. The molecule has 0 saturated heterocycles. The Balaban J connectivity index is 1.72. The summed E-state index contributed by atoms with van der Waals surface area (Å²) >= 11 is 2.80. The number of halogens is 2. The highest BCUT2D eigenvalue weighted by molar-refractivity contribution is 7.16. The summed E-state index contributed by atoms with van der Waals surface area (Å²) in [5.74, 6) is -2.00. The van der Waals surface area contributed by atoms with Crippen molar-refractivity contribution in [1.82, 2.24) is 15.3 Å². The third-order valence-electron chi connectivity index (χ3n) is 3.73. The van der Waals surface area contributed by atoms with E-state index >= 15 is 0 Å². The van der Waals surface area contributed by atoms with Crippen molar-refractivity contribution >= 4 is 33.7 Å². The molecular formula is C18H18F2N4OS2. The molecule has 2 N–H and O–H groups in total. The van der Waals surface area contributed by atoms with E-state index in [2.05, 4.69) is 20.6 Å². The summed E-state index contributed by atoms with van der Waals surface area (Å²) in [6.07, 6.45) is -0.390. The molecule has 1 aromatic carbocycles. The molecule has 3 aromatic rings. The quantitative estimate of drug-likeness (QED) is 0.617. The average Bonchev–Trinajstić information content (AvgIpc) is 3.22. The zero-order valence-electron chi connectivity index (χ0n) is 14.8. The lowest BCUT2D eigenvalue weighted by Crippen LogP contribution is -2.16. The van der Waals surface area contributed by atoms with Gasteiger partial charge in [-0.3, -0.25) is 4.79 Å². The first-order valence-corrected chi connectivity index (χ1v) is 10.0. The van der Waals surface area contributed by atoms with Crippen molar-refractivity contribution in [2.24, 2.45) is 0 Å². The number of thiazole rings is 2. The number of aromatic nitrogens is 2. The minimum absolute atomic E-state index is 0.252. The number of benzene rings is 1. The summed E-state index contributed by atoms with van der Waals surface area (Å²) in [5.41, 5.74) is 1.39. The maximum Gasteiger partial charge on any atom is 0.230 e. The highest BCUT2D eigenvalue weighted by atomic mass is 32.1. The van der Waals surface area contributed by atoms with E-state index in [1.165, 1.54) is 28.7 Å². The van der Waals surface area contributed by atoms with E-state index in [0.29, 0.717) is 11.7 Å². The summed E-state index contributed by atoms with van der Waals surface area (Å²) in [6.45, 7) is 5.43. The van der Waals surface area contributed by atoms with Gasteiger partial charge in [-0.05, 0) is 25.6 Å². The predicted octanol–water partition coefficient (Wildman–Crippen LogP) is 4.14. The second kappa shape index (κ2) is 8.64. The fourth-order valence-corrected chi connectivity index (χ4v) is 4.18. The van der Waals surface area contributed by atoms with Crippen LogP contribution in [0, 0.1) is 18.6 Å². The number of aryl methyl sites for hydroxylation is 1. The van der Waals surface area contributed by atoms with Gasteiger partial charge >= 0.3 is 0 Å². The number of anilines is 1. The topological polar surface area (TPSA) is 66.9 Å². The molecule has 0 fully saturated rings. The van der Waals surface area contributed by atoms with Gasteiger partial charge in [-0.1, -0.05) is 13.0 Å². The van der Waals surface area contributed by atoms with Gasteiger partial charge in [0, 0.05) is 17.5 Å². The van der Waals surface area contributed by atoms with Gasteiger partial charge in [-0.25, -0.2) is 18.7 Å². The van der Waals surface area contributed by atoms with Crippen LogP contribution in [-0.4, -0.2) is 22.4 Å². The van der Waals surface area contributed by atoms with Crippen LogP contribution in [-0.2, 0) is 17.8 Å². The minimum Gasteiger partial charge on any atom is -0.311 e. The van der Waals surface area contributed by atoms with Crippen molar-refractivity contribution in [3.8, 4) is 10.6 Å². The minimum atomic E-state index is -0.738. The van der Waals surface area contributed by atoms with Gasteiger partial charge < -0.3 is 10.6 Å². The maximum absolute atomic E-state index is 13.7. The molecule has 0 bridgehead atoms. The number of rotatable bonds is 7. The monoisotopic (exact) mass is 408 g/mol. The lowest BCUT2D eigenvalue weighted by Gasteiger charge is -2.04. The Morgan fingerprint density at radius 2 is 1.96 bits per heavy atom. The number of nitrogens with one attached hydrogen (secondary N) is 2. The second-order valence-corrected chi connectivity index (χ2v) is 7.81. The van der Waals surface area contributed by atoms with Gasteiger partial charge in [0.1, 0.15) is 11.6 Å². The Labute approximate surface area is 163 Å². The van der Waals surface area contributed by atoms with E-state index in [9.17, 15) is 13.6 Å². The Bertz CT molecular complexity index is 934. The molecule has 0 saturated carbocycles. The van der Waals surface area contributed by atoms with Gasteiger partial charge in [0.25, 0.3) is 0 Å². The van der Waals surface area contributed by atoms with E-state index in [1.54, 1.807) is 0 Å². The molecule has 0 unspecified atom stereocenters. The lowest BCUT2D eigenvalue weighted by molar-refractivity contribution is -0.115. The number of carbonyl (C=O) groups excluding carboxylic acids is 1. The Kier molecular flexibility index (Phi) is 6.25. The lowest BCUT2D eigenvalue weighted by atomic mass is 10.1. The van der Waals surface area contributed by atoms with E-state index < -0.39 is 24.0 Å². The molecule has 9 heteroatoms. The predicted molar refractivity (Wildman–Crippen MR) is 104 cm³/mol. The molecule has 0 radical (unpaired) electrons. The molecule has 0 aliphatic carbocycles. The van der Waals surface area contributed by atoms with E-state index in [4.69, 9.17) is 0 Å². The van der Waals surface area contributed by atoms with Crippen LogP contribution in [0.25, 0.3) is 10.6 Å². The van der Waals surface area contributed by atoms with E-state index in [0.717, 1.165) is 40.0 Å². The van der Waals surface area contributed by atoms with Crippen molar-refractivity contribution in [3.63, 3.8) is 0 Å². The highest BCUT2D eigenvalue weighted by Gasteiger charge is 2.17. The Hall–Kier alpha value is -2.23. The molecule has 142 valence electrons. The van der Waals surface area contributed by atoms with Crippen molar-refractivity contribution in [3.05, 3.63) is 51.5 Å². The summed E-state index contributed by atoms with van der Waals surface area (Å²) in [7, 11) is 0. The molecule has 5 nitrogen and oxygen atoms in total. The van der Waals surface area contributed by atoms with Crippen molar-refractivity contribution < 1.29 is 13.6 Å². The fourth-order valence-electron chi connectivity index (χ4n) is 2.49. The van der Waals surface area contributed by atoms with Gasteiger partial charge in [0.2, 0.25) is 5.91 Å². The van der Waals surface area contributed by atoms with Crippen LogP contribution in [0.1, 0.15) is 23.2 Å². The van der Waals surface area contributed by atoms with Crippen LogP contribution in [0.2, 0.25) is 0 Å². The van der Waals surface area contributed by atoms with Crippen LogP contribution in [0.4, 0.5) is 13.9 Å². The highest BCUT2D eigenvalue weighted by Crippen LogP contribution is 2.32. The standard InChI is InChI=1S/C18H18F2N4OS2/c1-3-21-8-14-17(27-10(2)22-14)15-9-26-18(23-15)24-16(25)7-11-12(19)5-4-6-13(11)20/h4-6,9,21H,3,7-8H2,1-2H3,(H,23,24,25). The number of hydrogen-bond acceptors (Lipinski definition) is 6. The van der Waals surface area contributed by atoms with Crippen LogP contribution in [0.15, 0.2) is 23.6 Å². The molecule has 0 aliphatic heterocycles. The van der Waals surface area contributed by atoms with Crippen molar-refractivity contribution in [2.75, 3.05) is 11.9 Å². The van der Waals surface area contributed by atoms with E-state index in [-0.39, 0.29) is 5.56 Å². The molecule has 0 spiro atoms. The first-order valence-electron chi connectivity index (χ1n) is 8.33. The second-order valence-electron chi connectivity index (χ2n) is 5.75. The maximum atomic E-state index is 13.7. The molecule has 0 atom stereocenters. The molecule has 2 aromatic heterocycles. The molecule has 0 aliphatic rings. The molecule has 27 heavy (non-hydrogen) atoms. The Morgan fingerprint density at radius 1 is 1.22 bits per heavy atom. The number of nitrogens with zero attached hydrogens (tertiary/aromatic N) is 2. The Morgan fingerprint density at radius 3 is 2.67 bits per heavy atom. The summed E-state index contributed by atoms with van der Waals surface area (Å²) in [6, 6.07) is 3.53. The number of carbonyl (C=O) groups is 1. The van der Waals surface area contributed by atoms with Crippen molar-refractivity contribution in [2.45, 2.75) is 26.8 Å². The summed E-state index contributed by atoms with van der Waals surface area (Å²) in [4.78, 5) is 22.0. The smallest absolute Gasteiger partial charge is 0.230 e. The largest absolute Gasteiger partial charge is 0.311 e. The van der Waals surface area contributed by atoms with Crippen LogP contribution < -0.4 is 10.6 Å². The SMILES string of the molecule is CCNCc1nc(C)sc1-c1csc(NC(=O)Cc2c(F)cccc2F)n1. The zero-order valence-corrected chi connectivity index (χ0v) is 16.4. The fraction of sp³-hybridized carbons (Fsp3) is 0.278. The molecular weight excluding hydrogens is 390 g/mol. The van der Waals surface area contributed by atoms with E-state index in [1.807, 2.05) is 19.2 Å². The third-order valence-corrected chi connectivity index (χ3v) is 5.52. The van der Waals surface area contributed by atoms with Gasteiger partial charge in [-0.15, -0.1) is 22.7 Å². The average molecular weight is 408 g/mol. The normalized spacial score (nSPS) is 11.0. The zero-order chi connectivity index (χ0) is 19.4. The number of hydrogen-bond donors (Lipinski definition) is 2. The van der Waals surface area contributed by atoms with Gasteiger partial charge in [0.05, 0.1) is 27.7 Å². The van der Waals surface area contributed by atoms with Gasteiger partial charge in [0.15, 0.2) is 5.13 Å². The first kappa shape index (κ1) is 19.5. The first-order chi connectivity index (χ1) is 13.0. The van der Waals surface area contributed by atoms with Crippen LogP contribution >= 0.6 is 22.7 Å². The summed E-state index contributed by atoms with van der Waals surface area (Å²) in [5, 5.41) is 9.01. The molecule has 2 heterocycles. The van der Waals surface area contributed by atoms with Crippen LogP contribution in [0.5, 0.6) is 0 Å².